The molecule has 2 aromatic rings. The summed E-state index contributed by atoms with van der Waals surface area (Å²) in [6.07, 6.45) is 1.90. The Labute approximate surface area is 143 Å². The molecule has 23 heavy (non-hydrogen) atoms. The highest BCUT2D eigenvalue weighted by atomic mass is 32.1. The van der Waals surface area contributed by atoms with Crippen LogP contribution in [0.3, 0.4) is 0 Å². The van der Waals surface area contributed by atoms with Crippen LogP contribution in [0.5, 0.6) is 0 Å². The molecule has 124 valence electrons. The number of likely N-dealkylation sites (tertiary alicyclic amines) is 1. The van der Waals surface area contributed by atoms with Gasteiger partial charge in [0, 0.05) is 0 Å². The third-order valence-corrected chi connectivity index (χ3v) is 5.10. The molecule has 3 rings (SSSR count). The number of esters is 1. The predicted molar refractivity (Wildman–Crippen MR) is 88.7 cm³/mol. The highest BCUT2D eigenvalue weighted by Crippen LogP contribution is 2.22. The first-order chi connectivity index (χ1) is 11.2. The number of thiophene rings is 1. The summed E-state index contributed by atoms with van der Waals surface area (Å²) in [6.45, 7) is 4.64. The van der Waals surface area contributed by atoms with Crippen molar-refractivity contribution in [2.45, 2.75) is 26.4 Å². The number of rotatable bonds is 5. The number of piperidine rings is 1. The van der Waals surface area contributed by atoms with Crippen LogP contribution in [-0.4, -0.2) is 35.4 Å². The van der Waals surface area contributed by atoms with Crippen LogP contribution in [0.15, 0.2) is 21.9 Å². The number of nitrogens with zero attached hydrogens (tertiary/aromatic N) is 2. The number of carbonyl (C=O) groups excluding carboxylic acids is 1. The molecule has 3 heterocycles. The highest BCUT2D eigenvalue weighted by molar-refractivity contribution is 7.71. The summed E-state index contributed by atoms with van der Waals surface area (Å²) in [4.78, 5) is 14.5. The van der Waals surface area contributed by atoms with Crippen LogP contribution < -0.4 is 4.90 Å². The standard InChI is InChI=1S/C15H19N3O3S2/c1-2-20-14(19)11-5-3-7-17(9-11)10-18-15(22)21-13(16-18)12-6-4-8-23-12/h4,6,8,11H,2-3,5,7,9-10H2,1H3/p+1/t11-/m1/s1. The third-order valence-electron chi connectivity index (χ3n) is 3.95. The van der Waals surface area contributed by atoms with Gasteiger partial charge >= 0.3 is 5.97 Å². The van der Waals surface area contributed by atoms with E-state index in [0.29, 0.717) is 24.0 Å². The smallest absolute Gasteiger partial charge is 0.314 e. The second-order valence-corrected chi connectivity index (χ2v) is 6.90. The average Bonchev–Trinajstić information content (AvgIpc) is 3.18. The molecule has 0 radical (unpaired) electrons. The lowest BCUT2D eigenvalue weighted by atomic mass is 9.99. The predicted octanol–water partition coefficient (Wildman–Crippen LogP) is 1.75. The van der Waals surface area contributed by atoms with Gasteiger partial charge in [-0.3, -0.25) is 4.79 Å². The van der Waals surface area contributed by atoms with E-state index in [9.17, 15) is 4.79 Å². The molecule has 0 aromatic carbocycles. The minimum atomic E-state index is -0.0901. The fourth-order valence-corrected chi connectivity index (χ4v) is 3.70. The molecule has 0 spiro atoms. The van der Waals surface area contributed by atoms with Gasteiger partial charge in [-0.2, -0.15) is 4.68 Å². The molecular weight excluding hydrogens is 334 g/mol. The van der Waals surface area contributed by atoms with E-state index in [0.717, 1.165) is 30.8 Å². The van der Waals surface area contributed by atoms with Crippen molar-refractivity contribution in [3.8, 4) is 10.8 Å². The number of carbonyl (C=O) groups is 1. The molecule has 1 unspecified atom stereocenters. The first-order valence-corrected chi connectivity index (χ1v) is 9.08. The van der Waals surface area contributed by atoms with Crippen LogP contribution in [0.2, 0.25) is 0 Å². The van der Waals surface area contributed by atoms with Crippen LogP contribution in [-0.2, 0) is 16.2 Å². The summed E-state index contributed by atoms with van der Waals surface area (Å²) in [5.74, 6) is 0.438. The maximum Gasteiger partial charge on any atom is 0.314 e. The van der Waals surface area contributed by atoms with Crippen molar-refractivity contribution in [3.63, 3.8) is 0 Å². The zero-order valence-corrected chi connectivity index (χ0v) is 14.6. The normalized spacial score (nSPS) is 21.3. The van der Waals surface area contributed by atoms with Crippen molar-refractivity contribution < 1.29 is 18.8 Å². The molecule has 1 aliphatic rings. The van der Waals surface area contributed by atoms with Gasteiger partial charge in [-0.15, -0.1) is 16.4 Å². The van der Waals surface area contributed by atoms with Crippen LogP contribution >= 0.6 is 23.6 Å². The van der Waals surface area contributed by atoms with Gasteiger partial charge in [-0.05, 0) is 43.4 Å². The maximum absolute atomic E-state index is 11.9. The Bertz CT molecular complexity index is 708. The van der Waals surface area contributed by atoms with E-state index in [2.05, 4.69) is 5.10 Å². The number of nitrogens with one attached hydrogen (secondary N) is 1. The van der Waals surface area contributed by atoms with Crippen molar-refractivity contribution in [2.75, 3.05) is 19.7 Å². The molecule has 1 saturated heterocycles. The zero-order valence-electron chi connectivity index (χ0n) is 13.0. The Morgan fingerprint density at radius 1 is 1.65 bits per heavy atom. The number of hydrogen-bond donors (Lipinski definition) is 1. The van der Waals surface area contributed by atoms with Crippen molar-refractivity contribution in [2.24, 2.45) is 5.92 Å². The van der Waals surface area contributed by atoms with Gasteiger partial charge in [0.1, 0.15) is 5.92 Å². The summed E-state index contributed by atoms with van der Waals surface area (Å²) in [6, 6.07) is 3.91. The molecule has 6 nitrogen and oxygen atoms in total. The van der Waals surface area contributed by atoms with E-state index >= 15 is 0 Å². The summed E-state index contributed by atoms with van der Waals surface area (Å²) < 4.78 is 12.4. The molecular formula is C15H20N3O3S2+. The number of aromatic nitrogens is 2. The van der Waals surface area contributed by atoms with Gasteiger partial charge in [0.05, 0.1) is 24.6 Å². The lowest BCUT2D eigenvalue weighted by Gasteiger charge is -2.28. The molecule has 2 atom stereocenters. The minimum Gasteiger partial charge on any atom is -0.466 e. The Balaban J connectivity index is 1.67. The topological polar surface area (TPSA) is 61.7 Å². The largest absolute Gasteiger partial charge is 0.466 e. The Kier molecular flexibility index (Phi) is 5.24. The third kappa shape index (κ3) is 3.88. The Morgan fingerprint density at radius 2 is 2.52 bits per heavy atom. The highest BCUT2D eigenvalue weighted by Gasteiger charge is 2.30. The molecule has 1 aliphatic heterocycles. The van der Waals surface area contributed by atoms with E-state index in [1.807, 2.05) is 24.4 Å². The number of quaternary nitrogens is 1. The van der Waals surface area contributed by atoms with E-state index in [4.69, 9.17) is 21.4 Å². The average molecular weight is 354 g/mol. The van der Waals surface area contributed by atoms with Gasteiger partial charge < -0.3 is 14.1 Å². The zero-order chi connectivity index (χ0) is 16.2. The Hall–Kier alpha value is -1.51. The van der Waals surface area contributed by atoms with Gasteiger partial charge in [-0.1, -0.05) is 6.07 Å². The van der Waals surface area contributed by atoms with Gasteiger partial charge in [0.25, 0.3) is 10.7 Å². The first-order valence-electron chi connectivity index (χ1n) is 7.79. The van der Waals surface area contributed by atoms with E-state index in [1.165, 1.54) is 4.90 Å². The van der Waals surface area contributed by atoms with Crippen LogP contribution in [0.1, 0.15) is 19.8 Å². The van der Waals surface area contributed by atoms with Gasteiger partial charge in [0.2, 0.25) is 0 Å². The van der Waals surface area contributed by atoms with Gasteiger partial charge in [-0.25, -0.2) is 0 Å². The summed E-state index contributed by atoms with van der Waals surface area (Å²) in [5, 5.41) is 6.45. The van der Waals surface area contributed by atoms with Crippen LogP contribution in [0, 0.1) is 10.8 Å². The van der Waals surface area contributed by atoms with Crippen molar-refractivity contribution in [1.82, 2.24) is 9.78 Å². The number of hydrogen-bond acceptors (Lipinski definition) is 6. The van der Waals surface area contributed by atoms with Crippen molar-refractivity contribution in [1.29, 1.82) is 0 Å². The second kappa shape index (κ2) is 7.37. The quantitative estimate of drug-likeness (QED) is 0.655. The van der Waals surface area contributed by atoms with E-state index in [1.54, 1.807) is 16.0 Å². The minimum absolute atomic E-state index is 0.0310. The molecule has 0 aliphatic carbocycles. The number of ether oxygens (including phenoxy) is 1. The maximum atomic E-state index is 11.9. The van der Waals surface area contributed by atoms with E-state index in [-0.39, 0.29) is 11.9 Å². The lowest BCUT2D eigenvalue weighted by Crippen LogP contribution is -3.13. The van der Waals surface area contributed by atoms with Crippen molar-refractivity contribution >= 4 is 29.5 Å². The van der Waals surface area contributed by atoms with Crippen LogP contribution in [0.4, 0.5) is 0 Å². The molecule has 8 heteroatoms. The van der Waals surface area contributed by atoms with Crippen LogP contribution in [0.25, 0.3) is 10.8 Å². The second-order valence-electron chi connectivity index (χ2n) is 5.60. The summed E-state index contributed by atoms with van der Waals surface area (Å²) in [5.41, 5.74) is 0. The molecule has 0 saturated carbocycles. The molecule has 0 amide bonds. The van der Waals surface area contributed by atoms with Crippen molar-refractivity contribution in [3.05, 3.63) is 22.4 Å². The fraction of sp³-hybridized carbons (Fsp3) is 0.533. The molecule has 1 fully saturated rings. The molecule has 0 bridgehead atoms. The molecule has 2 aromatic heterocycles. The lowest BCUT2D eigenvalue weighted by molar-refractivity contribution is -0.930. The monoisotopic (exact) mass is 354 g/mol. The summed E-state index contributed by atoms with van der Waals surface area (Å²) in [7, 11) is 0. The molecule has 1 N–H and O–H groups in total. The summed E-state index contributed by atoms with van der Waals surface area (Å²) >= 11 is 6.84. The SMILES string of the molecule is CCOC(=O)[C@@H]1CCC[NH+](Cn2nc(-c3cccs3)oc2=S)C1. The Morgan fingerprint density at radius 3 is 3.26 bits per heavy atom. The van der Waals surface area contributed by atoms with Gasteiger partial charge in [0.15, 0.2) is 6.67 Å². The van der Waals surface area contributed by atoms with E-state index < -0.39 is 0 Å². The first kappa shape index (κ1) is 16.4. The fourth-order valence-electron chi connectivity index (χ4n) is 2.87.